The molecule has 0 bridgehead atoms. The highest BCUT2D eigenvalue weighted by Crippen LogP contribution is 2.25. The van der Waals surface area contributed by atoms with Crippen LogP contribution in [0.25, 0.3) is 11.1 Å². The van der Waals surface area contributed by atoms with Gasteiger partial charge in [0.2, 0.25) is 0 Å². The van der Waals surface area contributed by atoms with Crippen molar-refractivity contribution in [3.05, 3.63) is 117 Å². The molecule has 0 saturated heterocycles. The fraction of sp³-hybridized carbons (Fsp3) is 0.207. The third-order valence-corrected chi connectivity index (χ3v) is 6.52. The lowest BCUT2D eigenvalue weighted by molar-refractivity contribution is 0.0697. The zero-order chi connectivity index (χ0) is 25.8. The Hall–Kier alpha value is -3.90. The van der Waals surface area contributed by atoms with Crippen LogP contribution in [0.15, 0.2) is 83.7 Å². The zero-order valence-corrected chi connectivity index (χ0v) is 20.9. The van der Waals surface area contributed by atoms with Crippen LogP contribution in [-0.4, -0.2) is 26.1 Å². The van der Waals surface area contributed by atoms with E-state index in [1.54, 1.807) is 59.2 Å². The highest BCUT2D eigenvalue weighted by Gasteiger charge is 2.24. The van der Waals surface area contributed by atoms with Crippen LogP contribution in [0.2, 0.25) is 5.15 Å². The maximum atomic E-state index is 13.4. The van der Waals surface area contributed by atoms with Gasteiger partial charge in [-0.3, -0.25) is 9.36 Å². The fourth-order valence-electron chi connectivity index (χ4n) is 4.17. The second kappa shape index (κ2) is 10.8. The summed E-state index contributed by atoms with van der Waals surface area (Å²) in [6.45, 7) is 4.42. The monoisotopic (exact) mass is 502 g/mol. The lowest BCUT2D eigenvalue weighted by atomic mass is 9.98. The van der Waals surface area contributed by atoms with Crippen LogP contribution in [0.4, 0.5) is 0 Å². The van der Waals surface area contributed by atoms with Crippen molar-refractivity contribution in [2.24, 2.45) is 5.92 Å². The molecule has 0 unspecified atom stereocenters. The van der Waals surface area contributed by atoms with Gasteiger partial charge in [0, 0.05) is 5.56 Å². The summed E-state index contributed by atoms with van der Waals surface area (Å²) in [6, 6.07) is 22.8. The van der Waals surface area contributed by atoms with E-state index in [0.717, 1.165) is 22.1 Å². The molecule has 0 amide bonds. The molecule has 0 aliphatic rings. The number of halogens is 1. The van der Waals surface area contributed by atoms with Crippen LogP contribution in [0.1, 0.15) is 52.2 Å². The largest absolute Gasteiger partial charge is 0.478 e. The standard InChI is InChI=1S/C29H27ClN2O4/c1-19(2)12-17-25-26(30)32(27(33)22-8-4-3-5-9-22)29(36)31(25)18-20-13-15-21(16-14-20)23-10-6-7-11-24(23)28(34)35/h3-11,13-16,19H,12,17-18H2,1-2H3,(H,34,35). The first-order chi connectivity index (χ1) is 17.3. The quantitative estimate of drug-likeness (QED) is 0.320. The molecule has 0 aliphatic heterocycles. The molecule has 1 heterocycles. The highest BCUT2D eigenvalue weighted by molar-refractivity contribution is 6.31. The fourth-order valence-corrected chi connectivity index (χ4v) is 4.51. The third kappa shape index (κ3) is 5.19. The summed E-state index contributed by atoms with van der Waals surface area (Å²) in [5, 5.41) is 9.64. The van der Waals surface area contributed by atoms with Crippen LogP contribution >= 0.6 is 11.6 Å². The Morgan fingerprint density at radius 2 is 1.56 bits per heavy atom. The normalized spacial score (nSPS) is 11.1. The van der Waals surface area contributed by atoms with Gasteiger partial charge in [-0.2, -0.15) is 0 Å². The third-order valence-electron chi connectivity index (χ3n) is 6.13. The van der Waals surface area contributed by atoms with Crippen LogP contribution < -0.4 is 5.69 Å². The minimum absolute atomic E-state index is 0.140. The minimum atomic E-state index is -0.991. The number of aromatic carboxylic acids is 1. The maximum absolute atomic E-state index is 13.4. The Balaban J connectivity index is 1.71. The number of benzene rings is 3. The van der Waals surface area contributed by atoms with E-state index in [1.165, 1.54) is 0 Å². The van der Waals surface area contributed by atoms with E-state index in [9.17, 15) is 19.5 Å². The van der Waals surface area contributed by atoms with Gasteiger partial charge in [-0.05, 0) is 53.6 Å². The molecule has 36 heavy (non-hydrogen) atoms. The molecule has 1 N–H and O–H groups in total. The summed E-state index contributed by atoms with van der Waals surface area (Å²) >= 11 is 6.65. The van der Waals surface area contributed by atoms with E-state index in [2.05, 4.69) is 13.8 Å². The van der Waals surface area contributed by atoms with Crippen molar-refractivity contribution in [2.45, 2.75) is 33.2 Å². The number of imidazole rings is 1. The SMILES string of the molecule is CC(C)CCc1c(Cl)n(C(=O)c2ccccc2)c(=O)n1Cc1ccc(-c2ccccc2C(=O)O)cc1. The number of aromatic nitrogens is 2. The van der Waals surface area contributed by atoms with Crippen molar-refractivity contribution in [2.75, 3.05) is 0 Å². The van der Waals surface area contributed by atoms with E-state index in [0.29, 0.717) is 29.2 Å². The number of rotatable bonds is 8. The van der Waals surface area contributed by atoms with Gasteiger partial charge in [0.05, 0.1) is 17.8 Å². The van der Waals surface area contributed by atoms with Gasteiger partial charge in [0.25, 0.3) is 5.91 Å². The van der Waals surface area contributed by atoms with Crippen molar-refractivity contribution in [1.29, 1.82) is 0 Å². The smallest absolute Gasteiger partial charge is 0.337 e. The number of hydrogen-bond acceptors (Lipinski definition) is 3. The molecule has 0 radical (unpaired) electrons. The van der Waals surface area contributed by atoms with Gasteiger partial charge in [-0.1, -0.05) is 86.1 Å². The lowest BCUT2D eigenvalue weighted by Gasteiger charge is -2.11. The van der Waals surface area contributed by atoms with Crippen molar-refractivity contribution in [3.8, 4) is 11.1 Å². The molecule has 0 spiro atoms. The number of carbonyl (C=O) groups is 2. The average Bonchev–Trinajstić information content (AvgIpc) is 3.11. The minimum Gasteiger partial charge on any atom is -0.478 e. The lowest BCUT2D eigenvalue weighted by Crippen LogP contribution is -2.30. The zero-order valence-electron chi connectivity index (χ0n) is 20.1. The van der Waals surface area contributed by atoms with E-state index >= 15 is 0 Å². The van der Waals surface area contributed by atoms with Gasteiger partial charge < -0.3 is 5.11 Å². The number of carboxylic acids is 1. The molecule has 4 rings (SSSR count). The Morgan fingerprint density at radius 3 is 2.19 bits per heavy atom. The predicted octanol–water partition coefficient (Wildman–Crippen LogP) is 5.99. The summed E-state index contributed by atoms with van der Waals surface area (Å²) in [7, 11) is 0. The molecule has 0 aliphatic carbocycles. The maximum Gasteiger partial charge on any atom is 0.337 e. The second-order valence-electron chi connectivity index (χ2n) is 9.09. The summed E-state index contributed by atoms with van der Waals surface area (Å²) in [5.41, 5.74) is 2.97. The van der Waals surface area contributed by atoms with E-state index < -0.39 is 17.6 Å². The Bertz CT molecular complexity index is 1450. The number of carboxylic acid groups (broad SMARTS) is 1. The molecule has 6 nitrogen and oxygen atoms in total. The number of hydrogen-bond donors (Lipinski definition) is 1. The van der Waals surface area contributed by atoms with E-state index in [-0.39, 0.29) is 17.3 Å². The highest BCUT2D eigenvalue weighted by atomic mass is 35.5. The molecule has 7 heteroatoms. The van der Waals surface area contributed by atoms with Crippen LogP contribution in [-0.2, 0) is 13.0 Å². The average molecular weight is 503 g/mol. The topological polar surface area (TPSA) is 81.3 Å². The molecule has 0 atom stereocenters. The Labute approximate surface area is 214 Å². The molecule has 0 fully saturated rings. The number of carbonyl (C=O) groups excluding carboxylic acids is 1. The summed E-state index contributed by atoms with van der Waals surface area (Å²) in [4.78, 5) is 38.2. The van der Waals surface area contributed by atoms with E-state index in [4.69, 9.17) is 11.6 Å². The molecule has 1 aromatic heterocycles. The predicted molar refractivity (Wildman–Crippen MR) is 141 cm³/mol. The molecule has 4 aromatic rings. The molecule has 184 valence electrons. The molecular weight excluding hydrogens is 476 g/mol. The van der Waals surface area contributed by atoms with Crippen LogP contribution in [0.5, 0.6) is 0 Å². The molecular formula is C29H27ClN2O4. The van der Waals surface area contributed by atoms with Gasteiger partial charge in [0.1, 0.15) is 5.15 Å². The van der Waals surface area contributed by atoms with Crippen molar-refractivity contribution in [1.82, 2.24) is 9.13 Å². The summed E-state index contributed by atoms with van der Waals surface area (Å²) < 4.78 is 2.61. The van der Waals surface area contributed by atoms with Gasteiger partial charge in [-0.25, -0.2) is 14.2 Å². The first-order valence-corrected chi connectivity index (χ1v) is 12.2. The Kier molecular flexibility index (Phi) is 7.55. The van der Waals surface area contributed by atoms with Crippen LogP contribution in [0, 0.1) is 5.92 Å². The van der Waals surface area contributed by atoms with Crippen molar-refractivity contribution < 1.29 is 14.7 Å². The first kappa shape index (κ1) is 25.2. The Morgan fingerprint density at radius 1 is 0.917 bits per heavy atom. The summed E-state index contributed by atoms with van der Waals surface area (Å²) in [5.74, 6) is -1.06. The van der Waals surface area contributed by atoms with E-state index in [1.807, 2.05) is 24.3 Å². The molecule has 0 saturated carbocycles. The second-order valence-corrected chi connectivity index (χ2v) is 9.45. The molecule has 3 aromatic carbocycles. The van der Waals surface area contributed by atoms with Gasteiger partial charge >= 0.3 is 11.7 Å². The van der Waals surface area contributed by atoms with Crippen LogP contribution in [0.3, 0.4) is 0 Å². The van der Waals surface area contributed by atoms with Crippen molar-refractivity contribution >= 4 is 23.5 Å². The first-order valence-electron chi connectivity index (χ1n) is 11.8. The summed E-state index contributed by atoms with van der Waals surface area (Å²) in [6.07, 6.45) is 1.37. The number of nitrogens with zero attached hydrogens (tertiary/aromatic N) is 2. The van der Waals surface area contributed by atoms with Gasteiger partial charge in [0.15, 0.2) is 0 Å². The van der Waals surface area contributed by atoms with Crippen molar-refractivity contribution in [3.63, 3.8) is 0 Å². The van der Waals surface area contributed by atoms with Gasteiger partial charge in [-0.15, -0.1) is 0 Å².